The second-order valence-electron chi connectivity index (χ2n) is 10.8. The Kier molecular flexibility index (Phi) is 9.82. The van der Waals surface area contributed by atoms with Gasteiger partial charge in [0.15, 0.2) is 0 Å². The van der Waals surface area contributed by atoms with Crippen LogP contribution in [0.4, 0.5) is 0 Å². The zero-order chi connectivity index (χ0) is 31.1. The predicted octanol–water partition coefficient (Wildman–Crippen LogP) is 7.61. The Morgan fingerprint density at radius 2 is 0.478 bits per heavy atom. The van der Waals surface area contributed by atoms with E-state index in [-0.39, 0.29) is 0 Å². The molecule has 0 atom stereocenters. The average molecular weight is 665 g/mol. The number of hydrogen-bond donors (Lipinski definition) is 0. The molecule has 0 aliphatic carbocycles. The molecule has 0 heterocycles. The first-order chi connectivity index (χ1) is 22.8. The van der Waals surface area contributed by atoms with Crippen molar-refractivity contribution < 1.29 is 0 Å². The highest BCUT2D eigenvalue weighted by Gasteiger charge is 2.30. The Bertz CT molecular complexity index is 1810. The molecule has 0 unspecified atom stereocenters. The third kappa shape index (κ3) is 6.51. The van der Waals surface area contributed by atoms with Crippen LogP contribution in [0.5, 0.6) is 0 Å². The van der Waals surface area contributed by atoms with Crippen LogP contribution in [0.25, 0.3) is 0 Å². The number of hydrogen-bond acceptors (Lipinski definition) is 0. The van der Waals surface area contributed by atoms with E-state index in [1.807, 2.05) is 12.1 Å². The Balaban J connectivity index is 1.51. The summed E-state index contributed by atoms with van der Waals surface area (Å²) in [5.74, 6) is 0. The second-order valence-corrected chi connectivity index (χ2v) is 17.7. The molecule has 0 bridgehead atoms. The molecule has 4 heteroatoms. The van der Waals surface area contributed by atoms with Gasteiger partial charge in [-0.05, 0) is 72.3 Å². The molecule has 0 aromatic heterocycles. The summed E-state index contributed by atoms with van der Waals surface area (Å²) >= 11 is 7.18. The molecule has 0 saturated heterocycles. The van der Waals surface area contributed by atoms with Crippen LogP contribution in [0, 0.1) is 0 Å². The summed E-state index contributed by atoms with van der Waals surface area (Å²) in [6, 6.07) is 70.7. The number of benzene rings is 7. The first kappa shape index (κ1) is 30.8. The van der Waals surface area contributed by atoms with Crippen molar-refractivity contribution in [2.24, 2.45) is 0 Å². The highest BCUT2D eigenvalue weighted by Crippen LogP contribution is 2.43. The molecule has 0 fully saturated rings. The molecule has 7 rings (SSSR count). The van der Waals surface area contributed by atoms with Crippen molar-refractivity contribution in [3.63, 3.8) is 0 Å². The van der Waals surface area contributed by atoms with E-state index in [4.69, 9.17) is 11.6 Å². The molecular weight excluding hydrogens is 633 g/mol. The van der Waals surface area contributed by atoms with Crippen LogP contribution in [0.3, 0.4) is 0 Å². The monoisotopic (exact) mass is 664 g/mol. The zero-order valence-electron chi connectivity index (χ0n) is 25.2. The molecule has 7 aromatic carbocycles. The van der Waals surface area contributed by atoms with Crippen LogP contribution >= 0.6 is 35.4 Å². The number of rotatable bonds is 9. The van der Waals surface area contributed by atoms with Crippen LogP contribution < -0.4 is 47.7 Å². The van der Waals surface area contributed by atoms with Gasteiger partial charge in [0.25, 0.3) is 0 Å². The van der Waals surface area contributed by atoms with Crippen molar-refractivity contribution in [1.82, 2.24) is 0 Å². The predicted molar refractivity (Wildman–Crippen MR) is 208 cm³/mol. The Labute approximate surface area is 281 Å². The van der Waals surface area contributed by atoms with Gasteiger partial charge in [-0.3, -0.25) is 0 Å². The van der Waals surface area contributed by atoms with E-state index in [1.165, 1.54) is 47.7 Å². The minimum Gasteiger partial charge on any atom is -0.0836 e. The van der Waals surface area contributed by atoms with Crippen LogP contribution in [-0.4, -0.2) is 0 Å². The van der Waals surface area contributed by atoms with Crippen molar-refractivity contribution in [1.29, 1.82) is 0 Å². The van der Waals surface area contributed by atoms with E-state index in [0.29, 0.717) is 0 Å². The summed E-state index contributed by atoms with van der Waals surface area (Å²) in [5, 5.41) is 12.8. The minimum atomic E-state index is -1.03. The summed E-state index contributed by atoms with van der Waals surface area (Å²) < 4.78 is 0. The van der Waals surface area contributed by atoms with Crippen LogP contribution in [0.15, 0.2) is 194 Å². The van der Waals surface area contributed by atoms with E-state index in [1.54, 1.807) is 0 Å². The van der Waals surface area contributed by atoms with Gasteiger partial charge in [0.2, 0.25) is 0 Å². The van der Waals surface area contributed by atoms with E-state index >= 15 is 0 Å². The van der Waals surface area contributed by atoms with Gasteiger partial charge in [-0.2, -0.15) is 0 Å². The van der Waals surface area contributed by atoms with Crippen molar-refractivity contribution in [2.45, 2.75) is 0 Å². The molecule has 0 spiro atoms. The molecule has 0 aliphatic heterocycles. The maximum absolute atomic E-state index is 7.18. The number of halogens is 1. The Morgan fingerprint density at radius 1 is 0.239 bits per heavy atom. The van der Waals surface area contributed by atoms with Crippen molar-refractivity contribution in [3.05, 3.63) is 199 Å². The van der Waals surface area contributed by atoms with Gasteiger partial charge in [-0.15, -0.1) is 0 Å². The van der Waals surface area contributed by atoms with E-state index < -0.39 is 23.8 Å². The first-order valence-electron chi connectivity index (χ1n) is 15.3. The summed E-state index contributed by atoms with van der Waals surface area (Å²) in [6.45, 7) is 0. The lowest BCUT2D eigenvalue weighted by atomic mass is 10.3. The zero-order valence-corrected chi connectivity index (χ0v) is 28.6. The normalized spacial score (nSPS) is 11.3. The van der Waals surface area contributed by atoms with Crippen LogP contribution in [0.2, 0.25) is 5.02 Å². The van der Waals surface area contributed by atoms with Crippen molar-refractivity contribution in [2.75, 3.05) is 0 Å². The quantitative estimate of drug-likeness (QED) is 0.139. The van der Waals surface area contributed by atoms with Gasteiger partial charge in [0.1, 0.15) is 0 Å². The van der Waals surface area contributed by atoms with Gasteiger partial charge in [0.05, 0.1) is 0 Å². The summed E-state index contributed by atoms with van der Waals surface area (Å²) in [5.41, 5.74) is 0. The Morgan fingerprint density at radius 3 is 0.783 bits per heavy atom. The van der Waals surface area contributed by atoms with Crippen molar-refractivity contribution >= 4 is 83.1 Å². The van der Waals surface area contributed by atoms with Gasteiger partial charge in [0, 0.05) is 10.3 Å². The first-order valence-corrected chi connectivity index (χ1v) is 19.7. The fraction of sp³-hybridized carbons (Fsp3) is 0. The highest BCUT2D eigenvalue weighted by atomic mass is 35.5. The maximum atomic E-state index is 7.18. The maximum Gasteiger partial charge on any atom is 0.0489 e. The lowest BCUT2D eigenvalue weighted by Gasteiger charge is -2.31. The summed E-state index contributed by atoms with van der Waals surface area (Å²) in [4.78, 5) is 0. The molecule has 0 radical (unpaired) electrons. The molecule has 7 aromatic rings. The van der Waals surface area contributed by atoms with Crippen LogP contribution in [-0.2, 0) is 0 Å². The molecule has 0 nitrogen and oxygen atoms in total. The molecule has 0 saturated carbocycles. The van der Waals surface area contributed by atoms with Crippen molar-refractivity contribution in [3.8, 4) is 0 Å². The van der Waals surface area contributed by atoms with Crippen LogP contribution in [0.1, 0.15) is 0 Å². The standard InChI is InChI=1S/C42H32ClP3/c43-37-27-13-14-28-38(37)46(41-31-17-15-29-39(41)44(33-19-5-1-6-20-33)34-21-7-2-8-22-34)42-32-18-16-30-40(42)45(35-23-9-3-10-24-35)36-25-11-4-12-26-36/h1-32H. The molecule has 0 aliphatic rings. The molecular formula is C42H32ClP3. The van der Waals surface area contributed by atoms with E-state index in [9.17, 15) is 0 Å². The fourth-order valence-electron chi connectivity index (χ4n) is 5.87. The lowest BCUT2D eigenvalue weighted by molar-refractivity contribution is 1.74. The van der Waals surface area contributed by atoms with E-state index in [2.05, 4.69) is 182 Å². The average Bonchev–Trinajstić information content (AvgIpc) is 3.13. The van der Waals surface area contributed by atoms with Gasteiger partial charge >= 0.3 is 0 Å². The Hall–Kier alpha value is -3.88. The topological polar surface area (TPSA) is 0 Å². The van der Waals surface area contributed by atoms with Gasteiger partial charge < -0.3 is 0 Å². The smallest absolute Gasteiger partial charge is 0.0489 e. The largest absolute Gasteiger partial charge is 0.0836 e. The summed E-state index contributed by atoms with van der Waals surface area (Å²) in [6.07, 6.45) is 0. The fourth-order valence-corrected chi connectivity index (χ4v) is 14.5. The van der Waals surface area contributed by atoms with Gasteiger partial charge in [-0.25, -0.2) is 0 Å². The minimum absolute atomic E-state index is 0.811. The SMILES string of the molecule is Clc1ccccc1P(c1ccccc1P(c1ccccc1)c1ccccc1)c1ccccc1P(c1ccccc1)c1ccccc1. The molecule has 222 valence electrons. The lowest BCUT2D eigenvalue weighted by Crippen LogP contribution is -2.39. The summed E-state index contributed by atoms with van der Waals surface area (Å²) in [7, 11) is -2.68. The third-order valence-corrected chi connectivity index (χ3v) is 16.3. The molecule has 46 heavy (non-hydrogen) atoms. The second kappa shape index (κ2) is 14.7. The molecule has 0 amide bonds. The third-order valence-electron chi connectivity index (χ3n) is 7.88. The highest BCUT2D eigenvalue weighted by molar-refractivity contribution is 7.88. The van der Waals surface area contributed by atoms with Gasteiger partial charge in [-0.1, -0.05) is 200 Å². The van der Waals surface area contributed by atoms with E-state index in [0.717, 1.165) is 5.02 Å². The molecule has 0 N–H and O–H groups in total.